The zero-order valence-electron chi connectivity index (χ0n) is 11.5. The quantitative estimate of drug-likeness (QED) is 0.876. The molecule has 0 aromatic heterocycles. The van der Waals surface area contributed by atoms with E-state index in [1.165, 1.54) is 18.4 Å². The molecule has 0 radical (unpaired) electrons. The van der Waals surface area contributed by atoms with Crippen LogP contribution in [0.2, 0.25) is 0 Å². The van der Waals surface area contributed by atoms with Crippen LogP contribution in [0.15, 0.2) is 53.0 Å². The maximum atomic E-state index is 5.83. The monoisotopic (exact) mass is 331 g/mol. The summed E-state index contributed by atoms with van der Waals surface area (Å²) in [6, 6.07) is 17.1. The van der Waals surface area contributed by atoms with E-state index in [9.17, 15) is 0 Å². The van der Waals surface area contributed by atoms with E-state index in [0.717, 1.165) is 16.0 Å². The van der Waals surface area contributed by atoms with Gasteiger partial charge in [-0.1, -0.05) is 28.1 Å². The average molecular weight is 332 g/mol. The molecule has 2 nitrogen and oxygen atoms in total. The van der Waals surface area contributed by atoms with E-state index in [2.05, 4.69) is 45.5 Å². The number of rotatable bonds is 4. The van der Waals surface area contributed by atoms with E-state index in [1.807, 2.05) is 31.3 Å². The molecule has 3 rings (SSSR count). The standard InChI is InChI=1S/C17H18BrNO/c1-19-15-10-13(11-15)12-2-6-16(7-3-12)20-17-8-4-14(18)5-9-17/h2-9,13,15,19H,10-11H2,1H3. The molecule has 1 aliphatic carbocycles. The molecular formula is C17H18BrNO. The van der Waals surface area contributed by atoms with Gasteiger partial charge < -0.3 is 10.1 Å². The zero-order chi connectivity index (χ0) is 13.9. The second kappa shape index (κ2) is 5.98. The normalized spacial score (nSPS) is 21.3. The lowest BCUT2D eigenvalue weighted by molar-refractivity contribution is 0.307. The highest BCUT2D eigenvalue weighted by molar-refractivity contribution is 9.10. The van der Waals surface area contributed by atoms with Gasteiger partial charge in [-0.3, -0.25) is 0 Å². The highest BCUT2D eigenvalue weighted by Gasteiger charge is 2.28. The molecule has 1 fully saturated rings. The van der Waals surface area contributed by atoms with Crippen molar-refractivity contribution in [2.75, 3.05) is 7.05 Å². The molecule has 2 aromatic carbocycles. The van der Waals surface area contributed by atoms with Crippen molar-refractivity contribution in [3.63, 3.8) is 0 Å². The van der Waals surface area contributed by atoms with Crippen LogP contribution in [0.3, 0.4) is 0 Å². The summed E-state index contributed by atoms with van der Waals surface area (Å²) in [6.07, 6.45) is 2.48. The summed E-state index contributed by atoms with van der Waals surface area (Å²) < 4.78 is 6.89. The van der Waals surface area contributed by atoms with Crippen LogP contribution in [0.1, 0.15) is 24.3 Å². The van der Waals surface area contributed by atoms with Gasteiger partial charge in [-0.05, 0) is 67.8 Å². The van der Waals surface area contributed by atoms with E-state index < -0.39 is 0 Å². The predicted molar refractivity (Wildman–Crippen MR) is 85.5 cm³/mol. The molecular weight excluding hydrogens is 314 g/mol. The van der Waals surface area contributed by atoms with Gasteiger partial charge in [0, 0.05) is 10.5 Å². The van der Waals surface area contributed by atoms with Crippen molar-refractivity contribution in [3.05, 3.63) is 58.6 Å². The first-order valence-corrected chi connectivity index (χ1v) is 7.74. The van der Waals surface area contributed by atoms with Crippen molar-refractivity contribution < 1.29 is 4.74 Å². The molecule has 0 unspecified atom stereocenters. The fourth-order valence-corrected chi connectivity index (χ4v) is 2.84. The predicted octanol–water partition coefficient (Wildman–Crippen LogP) is 4.71. The van der Waals surface area contributed by atoms with Gasteiger partial charge in [-0.15, -0.1) is 0 Å². The Hall–Kier alpha value is -1.32. The Morgan fingerprint density at radius 2 is 1.50 bits per heavy atom. The van der Waals surface area contributed by atoms with Gasteiger partial charge in [-0.2, -0.15) is 0 Å². The summed E-state index contributed by atoms with van der Waals surface area (Å²) >= 11 is 3.42. The van der Waals surface area contributed by atoms with Crippen LogP contribution < -0.4 is 10.1 Å². The Balaban J connectivity index is 1.63. The molecule has 0 aliphatic heterocycles. The van der Waals surface area contributed by atoms with E-state index >= 15 is 0 Å². The van der Waals surface area contributed by atoms with Crippen LogP contribution in [0, 0.1) is 0 Å². The molecule has 3 heteroatoms. The first-order valence-electron chi connectivity index (χ1n) is 6.95. The summed E-state index contributed by atoms with van der Waals surface area (Å²) in [5, 5.41) is 3.32. The molecule has 0 heterocycles. The van der Waals surface area contributed by atoms with Gasteiger partial charge in [0.25, 0.3) is 0 Å². The van der Waals surface area contributed by atoms with Gasteiger partial charge in [0.05, 0.1) is 0 Å². The zero-order valence-corrected chi connectivity index (χ0v) is 13.1. The Morgan fingerprint density at radius 1 is 0.950 bits per heavy atom. The minimum absolute atomic E-state index is 0.693. The summed E-state index contributed by atoms with van der Waals surface area (Å²) in [5.74, 6) is 2.45. The minimum Gasteiger partial charge on any atom is -0.457 e. The van der Waals surface area contributed by atoms with E-state index in [1.54, 1.807) is 0 Å². The summed E-state index contributed by atoms with van der Waals surface area (Å²) in [7, 11) is 2.04. The van der Waals surface area contributed by atoms with E-state index in [0.29, 0.717) is 12.0 Å². The molecule has 0 saturated heterocycles. The van der Waals surface area contributed by atoms with Crippen LogP contribution in [0.25, 0.3) is 0 Å². The number of nitrogens with one attached hydrogen (secondary N) is 1. The molecule has 0 atom stereocenters. The number of benzene rings is 2. The molecule has 1 aliphatic rings. The lowest BCUT2D eigenvalue weighted by atomic mass is 9.76. The third-order valence-electron chi connectivity index (χ3n) is 3.95. The molecule has 1 N–H and O–H groups in total. The second-order valence-corrected chi connectivity index (χ2v) is 6.19. The molecule has 0 amide bonds. The molecule has 2 aromatic rings. The van der Waals surface area contributed by atoms with Gasteiger partial charge in [0.2, 0.25) is 0 Å². The SMILES string of the molecule is CNC1CC(c2ccc(Oc3ccc(Br)cc3)cc2)C1. The summed E-state index contributed by atoms with van der Waals surface area (Å²) in [6.45, 7) is 0. The lowest BCUT2D eigenvalue weighted by Gasteiger charge is -2.35. The van der Waals surface area contributed by atoms with Crippen LogP contribution in [-0.4, -0.2) is 13.1 Å². The van der Waals surface area contributed by atoms with Gasteiger partial charge >= 0.3 is 0 Å². The lowest BCUT2D eigenvalue weighted by Crippen LogP contribution is -2.37. The van der Waals surface area contributed by atoms with Crippen LogP contribution in [0.4, 0.5) is 0 Å². The van der Waals surface area contributed by atoms with Crippen LogP contribution >= 0.6 is 15.9 Å². The fraction of sp³-hybridized carbons (Fsp3) is 0.294. The number of hydrogen-bond acceptors (Lipinski definition) is 2. The third kappa shape index (κ3) is 3.05. The topological polar surface area (TPSA) is 21.3 Å². The Labute approximate surface area is 128 Å². The Morgan fingerprint density at radius 3 is 2.05 bits per heavy atom. The maximum absolute atomic E-state index is 5.83. The third-order valence-corrected chi connectivity index (χ3v) is 4.48. The Bertz CT molecular complexity index is 559. The molecule has 104 valence electrons. The van der Waals surface area contributed by atoms with E-state index in [4.69, 9.17) is 4.74 Å². The van der Waals surface area contributed by atoms with Crippen molar-refractivity contribution in [3.8, 4) is 11.5 Å². The maximum Gasteiger partial charge on any atom is 0.127 e. The minimum atomic E-state index is 0.693. The first-order chi connectivity index (χ1) is 9.74. The van der Waals surface area contributed by atoms with E-state index in [-0.39, 0.29) is 0 Å². The smallest absolute Gasteiger partial charge is 0.127 e. The van der Waals surface area contributed by atoms with Crippen molar-refractivity contribution in [2.45, 2.75) is 24.8 Å². The summed E-state index contributed by atoms with van der Waals surface area (Å²) in [4.78, 5) is 0. The van der Waals surface area contributed by atoms with Crippen molar-refractivity contribution in [1.29, 1.82) is 0 Å². The summed E-state index contributed by atoms with van der Waals surface area (Å²) in [5.41, 5.74) is 1.42. The van der Waals surface area contributed by atoms with Gasteiger partial charge in [-0.25, -0.2) is 0 Å². The van der Waals surface area contributed by atoms with Gasteiger partial charge in [0.15, 0.2) is 0 Å². The molecule has 20 heavy (non-hydrogen) atoms. The van der Waals surface area contributed by atoms with Crippen molar-refractivity contribution in [1.82, 2.24) is 5.32 Å². The van der Waals surface area contributed by atoms with Crippen molar-refractivity contribution >= 4 is 15.9 Å². The highest BCUT2D eigenvalue weighted by Crippen LogP contribution is 2.37. The van der Waals surface area contributed by atoms with Crippen LogP contribution in [0.5, 0.6) is 11.5 Å². The number of halogens is 1. The second-order valence-electron chi connectivity index (χ2n) is 5.28. The average Bonchev–Trinajstić information content (AvgIpc) is 2.42. The largest absolute Gasteiger partial charge is 0.457 e. The van der Waals surface area contributed by atoms with Crippen LogP contribution in [-0.2, 0) is 0 Å². The first kappa shape index (κ1) is 13.7. The van der Waals surface area contributed by atoms with Crippen molar-refractivity contribution in [2.24, 2.45) is 0 Å². The fourth-order valence-electron chi connectivity index (χ4n) is 2.57. The molecule has 0 spiro atoms. The highest BCUT2D eigenvalue weighted by atomic mass is 79.9. The number of hydrogen-bond donors (Lipinski definition) is 1. The number of ether oxygens (including phenoxy) is 1. The Kier molecular flexibility index (Phi) is 4.08. The molecule has 0 bridgehead atoms. The van der Waals surface area contributed by atoms with Gasteiger partial charge in [0.1, 0.15) is 11.5 Å². The molecule has 1 saturated carbocycles.